The Hall–Kier alpha value is -4.52. The van der Waals surface area contributed by atoms with Crippen LogP contribution in [0.1, 0.15) is 5.56 Å². The van der Waals surface area contributed by atoms with Crippen LogP contribution in [0.5, 0.6) is 5.75 Å². The van der Waals surface area contributed by atoms with Crippen LogP contribution in [0.4, 0.5) is 0 Å². The molecule has 1 aromatic carbocycles. The van der Waals surface area contributed by atoms with Gasteiger partial charge in [-0.3, -0.25) is 20.1 Å². The Morgan fingerprint density at radius 1 is 0.844 bits per heavy atom. The van der Waals surface area contributed by atoms with Gasteiger partial charge in [-0.1, -0.05) is 30.3 Å². The number of nitrogens with zero attached hydrogens (tertiary/aromatic N) is 4. The number of aromatic nitrogens is 6. The number of rotatable bonds is 5. The van der Waals surface area contributed by atoms with Crippen molar-refractivity contribution in [2.75, 3.05) is 0 Å². The topological polar surface area (TPSA) is 92.4 Å². The number of fused-ring (bicyclic) bond motifs is 2. The molecule has 7 nitrogen and oxygen atoms in total. The van der Waals surface area contributed by atoms with Gasteiger partial charge in [0.1, 0.15) is 18.1 Å². The molecule has 2 N–H and O–H groups in total. The SMILES string of the molecule is c1ccc(COc2cncc(-c3cc4c(-c5cc6ncccc6[nH]5)n[nH]c4cn3)c2)cc1. The van der Waals surface area contributed by atoms with E-state index in [1.807, 2.05) is 60.7 Å². The van der Waals surface area contributed by atoms with Crippen molar-refractivity contribution in [3.63, 3.8) is 0 Å². The maximum absolute atomic E-state index is 5.93. The molecule has 0 unspecified atom stereocenters. The monoisotopic (exact) mass is 418 g/mol. The molecule has 0 saturated carbocycles. The molecule has 0 saturated heterocycles. The number of ether oxygens (including phenoxy) is 1. The van der Waals surface area contributed by atoms with E-state index in [1.165, 1.54) is 0 Å². The molecule has 0 radical (unpaired) electrons. The fraction of sp³-hybridized carbons (Fsp3) is 0.0400. The third-order valence-corrected chi connectivity index (χ3v) is 5.35. The highest BCUT2D eigenvalue weighted by Crippen LogP contribution is 2.30. The molecular formula is C25H18N6O. The van der Waals surface area contributed by atoms with Crippen molar-refractivity contribution in [3.05, 3.63) is 91.0 Å². The van der Waals surface area contributed by atoms with E-state index in [9.17, 15) is 0 Å². The maximum Gasteiger partial charge on any atom is 0.138 e. The summed E-state index contributed by atoms with van der Waals surface area (Å²) in [5, 5.41) is 8.55. The van der Waals surface area contributed by atoms with E-state index in [0.29, 0.717) is 12.4 Å². The molecule has 0 spiro atoms. The van der Waals surface area contributed by atoms with Gasteiger partial charge >= 0.3 is 0 Å². The molecule has 5 aromatic heterocycles. The molecule has 154 valence electrons. The van der Waals surface area contributed by atoms with Crippen LogP contribution in [0.2, 0.25) is 0 Å². The molecule has 6 aromatic rings. The Morgan fingerprint density at radius 3 is 2.69 bits per heavy atom. The van der Waals surface area contributed by atoms with Crippen molar-refractivity contribution < 1.29 is 4.74 Å². The van der Waals surface area contributed by atoms with E-state index in [4.69, 9.17) is 4.74 Å². The van der Waals surface area contributed by atoms with Gasteiger partial charge in [-0.25, -0.2) is 0 Å². The highest BCUT2D eigenvalue weighted by Gasteiger charge is 2.13. The van der Waals surface area contributed by atoms with Gasteiger partial charge in [-0.05, 0) is 35.9 Å². The Kier molecular flexibility index (Phi) is 4.35. The molecule has 5 heterocycles. The van der Waals surface area contributed by atoms with E-state index in [2.05, 4.69) is 30.1 Å². The van der Waals surface area contributed by atoms with Gasteiger partial charge in [-0.15, -0.1) is 0 Å². The lowest BCUT2D eigenvalue weighted by molar-refractivity contribution is 0.305. The second-order valence-electron chi connectivity index (χ2n) is 7.49. The van der Waals surface area contributed by atoms with Gasteiger partial charge in [0, 0.05) is 23.3 Å². The van der Waals surface area contributed by atoms with Gasteiger partial charge < -0.3 is 9.72 Å². The molecule has 0 aliphatic heterocycles. The number of pyridine rings is 3. The number of hydrogen-bond donors (Lipinski definition) is 2. The van der Waals surface area contributed by atoms with Crippen molar-refractivity contribution >= 4 is 21.9 Å². The van der Waals surface area contributed by atoms with Crippen LogP contribution < -0.4 is 4.74 Å². The van der Waals surface area contributed by atoms with Crippen LogP contribution in [0.15, 0.2) is 85.5 Å². The van der Waals surface area contributed by atoms with Crippen molar-refractivity contribution in [3.8, 4) is 28.4 Å². The number of hydrogen-bond acceptors (Lipinski definition) is 5. The van der Waals surface area contributed by atoms with E-state index in [-0.39, 0.29) is 0 Å². The van der Waals surface area contributed by atoms with Gasteiger partial charge in [0.15, 0.2) is 0 Å². The summed E-state index contributed by atoms with van der Waals surface area (Å²) in [4.78, 5) is 16.7. The van der Waals surface area contributed by atoms with Crippen LogP contribution in [-0.4, -0.2) is 30.1 Å². The van der Waals surface area contributed by atoms with Crippen molar-refractivity contribution in [1.82, 2.24) is 30.1 Å². The Labute approximate surface area is 183 Å². The summed E-state index contributed by atoms with van der Waals surface area (Å²) in [7, 11) is 0. The predicted molar refractivity (Wildman–Crippen MR) is 123 cm³/mol. The number of H-pyrrole nitrogens is 2. The van der Waals surface area contributed by atoms with E-state index in [1.54, 1.807) is 24.8 Å². The molecule has 0 bridgehead atoms. The summed E-state index contributed by atoms with van der Waals surface area (Å²) >= 11 is 0. The first-order valence-corrected chi connectivity index (χ1v) is 10.2. The molecule has 0 atom stereocenters. The standard InChI is InChI=1S/C25H18N6O/c1-2-5-16(6-3-1)15-32-18-9-17(12-26-13-18)21-10-19-24(14-28-21)30-31-25(19)23-11-22-20(29-23)7-4-8-27-22/h1-14,29H,15H2,(H,30,31). The highest BCUT2D eigenvalue weighted by atomic mass is 16.5. The molecule has 0 amide bonds. The smallest absolute Gasteiger partial charge is 0.138 e. The molecule has 0 aliphatic rings. The minimum atomic E-state index is 0.485. The normalized spacial score (nSPS) is 11.2. The number of aromatic amines is 2. The summed E-state index contributed by atoms with van der Waals surface area (Å²) < 4.78 is 5.93. The zero-order valence-corrected chi connectivity index (χ0v) is 17.0. The van der Waals surface area contributed by atoms with Gasteiger partial charge in [0.25, 0.3) is 0 Å². The van der Waals surface area contributed by atoms with Crippen LogP contribution in [0, 0.1) is 0 Å². The van der Waals surface area contributed by atoms with Gasteiger partial charge in [0.05, 0.1) is 40.3 Å². The lowest BCUT2D eigenvalue weighted by atomic mass is 10.1. The molecule has 7 heteroatoms. The first-order valence-electron chi connectivity index (χ1n) is 10.2. The molecule has 32 heavy (non-hydrogen) atoms. The first kappa shape index (κ1) is 18.3. The summed E-state index contributed by atoms with van der Waals surface area (Å²) in [6.07, 6.45) is 7.08. The Bertz CT molecular complexity index is 1500. The van der Waals surface area contributed by atoms with Gasteiger partial charge in [0.2, 0.25) is 0 Å². The summed E-state index contributed by atoms with van der Waals surface area (Å²) in [6.45, 7) is 0.485. The predicted octanol–water partition coefficient (Wildman–Crippen LogP) is 5.14. The van der Waals surface area contributed by atoms with E-state index in [0.717, 1.165) is 50.1 Å². The van der Waals surface area contributed by atoms with Crippen LogP contribution >= 0.6 is 0 Å². The fourth-order valence-corrected chi connectivity index (χ4v) is 3.74. The molecular weight excluding hydrogens is 400 g/mol. The number of benzene rings is 1. The zero-order chi connectivity index (χ0) is 21.3. The maximum atomic E-state index is 5.93. The second kappa shape index (κ2) is 7.63. The lowest BCUT2D eigenvalue weighted by Crippen LogP contribution is -1.96. The summed E-state index contributed by atoms with van der Waals surface area (Å²) in [6, 6.07) is 19.9. The minimum Gasteiger partial charge on any atom is -0.487 e. The average molecular weight is 418 g/mol. The number of nitrogens with one attached hydrogen (secondary N) is 2. The third-order valence-electron chi connectivity index (χ3n) is 5.35. The summed E-state index contributed by atoms with van der Waals surface area (Å²) in [5.74, 6) is 0.697. The minimum absolute atomic E-state index is 0.485. The lowest BCUT2D eigenvalue weighted by Gasteiger charge is -2.08. The zero-order valence-electron chi connectivity index (χ0n) is 17.0. The van der Waals surface area contributed by atoms with E-state index >= 15 is 0 Å². The quantitative estimate of drug-likeness (QED) is 0.404. The average Bonchev–Trinajstić information content (AvgIpc) is 3.47. The van der Waals surface area contributed by atoms with Crippen molar-refractivity contribution in [2.24, 2.45) is 0 Å². The van der Waals surface area contributed by atoms with Crippen LogP contribution in [0.25, 0.3) is 44.6 Å². The Balaban J connectivity index is 1.34. The van der Waals surface area contributed by atoms with Crippen LogP contribution in [0.3, 0.4) is 0 Å². The van der Waals surface area contributed by atoms with E-state index < -0.39 is 0 Å². The van der Waals surface area contributed by atoms with Crippen molar-refractivity contribution in [1.29, 1.82) is 0 Å². The second-order valence-corrected chi connectivity index (χ2v) is 7.49. The largest absolute Gasteiger partial charge is 0.487 e. The Morgan fingerprint density at radius 2 is 1.78 bits per heavy atom. The van der Waals surface area contributed by atoms with Crippen molar-refractivity contribution in [2.45, 2.75) is 6.61 Å². The fourth-order valence-electron chi connectivity index (χ4n) is 3.74. The van der Waals surface area contributed by atoms with Gasteiger partial charge in [-0.2, -0.15) is 5.10 Å². The first-order chi connectivity index (χ1) is 15.8. The third kappa shape index (κ3) is 3.35. The molecule has 6 rings (SSSR count). The summed E-state index contributed by atoms with van der Waals surface area (Å²) in [5.41, 5.74) is 7.25. The molecule has 0 aliphatic carbocycles. The van der Waals surface area contributed by atoms with Crippen LogP contribution in [-0.2, 0) is 6.61 Å². The molecule has 0 fully saturated rings. The highest BCUT2D eigenvalue weighted by molar-refractivity contribution is 5.96.